The van der Waals surface area contributed by atoms with E-state index in [0.29, 0.717) is 0 Å². The first-order valence-electron chi connectivity index (χ1n) is 6.21. The number of nitrogens with zero attached hydrogens (tertiary/aromatic N) is 1. The van der Waals surface area contributed by atoms with Gasteiger partial charge < -0.3 is 10.0 Å². The molecule has 0 saturated heterocycles. The van der Waals surface area contributed by atoms with Gasteiger partial charge in [-0.2, -0.15) is 0 Å². The van der Waals surface area contributed by atoms with Crippen molar-refractivity contribution in [2.75, 3.05) is 4.90 Å². The van der Waals surface area contributed by atoms with E-state index in [0.717, 1.165) is 37.8 Å². The van der Waals surface area contributed by atoms with E-state index in [1.807, 2.05) is 31.2 Å². The van der Waals surface area contributed by atoms with Crippen LogP contribution in [-0.2, 0) is 4.79 Å². The van der Waals surface area contributed by atoms with Gasteiger partial charge in [-0.25, -0.2) is 0 Å². The molecule has 1 aliphatic rings. The highest BCUT2D eigenvalue weighted by Gasteiger charge is 2.28. The second kappa shape index (κ2) is 5.32. The molecule has 2 unspecified atom stereocenters. The van der Waals surface area contributed by atoms with Crippen LogP contribution < -0.4 is 4.90 Å². The summed E-state index contributed by atoms with van der Waals surface area (Å²) in [6.45, 7) is 2.02. The van der Waals surface area contributed by atoms with Crippen molar-refractivity contribution in [2.24, 2.45) is 0 Å². The number of aryl methyl sites for hydroxylation is 1. The summed E-state index contributed by atoms with van der Waals surface area (Å²) in [5.41, 5.74) is 2.04. The number of hydrogen-bond donors (Lipinski definition) is 1. The Labute approximate surface area is 102 Å². The van der Waals surface area contributed by atoms with E-state index in [2.05, 4.69) is 0 Å². The summed E-state index contributed by atoms with van der Waals surface area (Å²) in [5, 5.41) is 9.99. The lowest BCUT2D eigenvalue weighted by atomic mass is 9.91. The van der Waals surface area contributed by atoms with E-state index in [4.69, 9.17) is 0 Å². The van der Waals surface area contributed by atoms with Crippen molar-refractivity contribution in [1.29, 1.82) is 0 Å². The SMILES string of the molecule is Cc1ccc(N(C=O)C2CCCCC2O)cc1. The monoisotopic (exact) mass is 233 g/mol. The minimum Gasteiger partial charge on any atom is -0.391 e. The van der Waals surface area contributed by atoms with Crippen molar-refractivity contribution in [1.82, 2.24) is 0 Å². The Morgan fingerprint density at radius 1 is 1.24 bits per heavy atom. The Morgan fingerprint density at radius 3 is 2.47 bits per heavy atom. The molecular weight excluding hydrogens is 214 g/mol. The molecule has 2 atom stereocenters. The maximum atomic E-state index is 11.3. The number of benzene rings is 1. The third-order valence-electron chi connectivity index (χ3n) is 3.50. The molecule has 0 spiro atoms. The predicted octanol–water partition coefficient (Wildman–Crippen LogP) is 2.26. The highest BCUT2D eigenvalue weighted by molar-refractivity contribution is 5.76. The van der Waals surface area contributed by atoms with Gasteiger partial charge in [0.2, 0.25) is 6.41 Å². The Hall–Kier alpha value is -1.35. The number of aliphatic hydroxyl groups excluding tert-OH is 1. The lowest BCUT2D eigenvalue weighted by Gasteiger charge is -2.35. The van der Waals surface area contributed by atoms with Crippen LogP contribution in [0.2, 0.25) is 0 Å². The fourth-order valence-corrected chi connectivity index (χ4v) is 2.46. The van der Waals surface area contributed by atoms with E-state index in [9.17, 15) is 9.90 Å². The summed E-state index contributed by atoms with van der Waals surface area (Å²) in [6, 6.07) is 7.78. The lowest BCUT2D eigenvalue weighted by Crippen LogP contribution is -2.45. The topological polar surface area (TPSA) is 40.5 Å². The molecule has 1 fully saturated rings. The molecule has 0 aliphatic heterocycles. The molecule has 1 aliphatic carbocycles. The van der Waals surface area contributed by atoms with Crippen LogP contribution in [0.4, 0.5) is 5.69 Å². The van der Waals surface area contributed by atoms with Gasteiger partial charge in [0.1, 0.15) is 0 Å². The average molecular weight is 233 g/mol. The van der Waals surface area contributed by atoms with Gasteiger partial charge in [-0.05, 0) is 31.9 Å². The maximum absolute atomic E-state index is 11.3. The van der Waals surface area contributed by atoms with Gasteiger partial charge in [0.05, 0.1) is 12.1 Å². The molecular formula is C14H19NO2. The van der Waals surface area contributed by atoms with Gasteiger partial charge in [-0.15, -0.1) is 0 Å². The van der Waals surface area contributed by atoms with Crippen LogP contribution in [0.15, 0.2) is 24.3 Å². The molecule has 1 saturated carbocycles. The number of carbonyl (C=O) groups is 1. The molecule has 0 radical (unpaired) electrons. The Morgan fingerprint density at radius 2 is 1.88 bits per heavy atom. The highest BCUT2D eigenvalue weighted by Crippen LogP contribution is 2.26. The van der Waals surface area contributed by atoms with Crippen LogP contribution in [0.1, 0.15) is 31.2 Å². The van der Waals surface area contributed by atoms with Crippen LogP contribution in [0.3, 0.4) is 0 Å². The smallest absolute Gasteiger partial charge is 0.214 e. The third-order valence-corrected chi connectivity index (χ3v) is 3.50. The molecule has 1 aromatic carbocycles. The first-order valence-corrected chi connectivity index (χ1v) is 6.21. The Kier molecular flexibility index (Phi) is 3.79. The van der Waals surface area contributed by atoms with Crippen LogP contribution in [0.5, 0.6) is 0 Å². The van der Waals surface area contributed by atoms with Crippen molar-refractivity contribution < 1.29 is 9.90 Å². The molecule has 92 valence electrons. The lowest BCUT2D eigenvalue weighted by molar-refractivity contribution is -0.108. The Balaban J connectivity index is 2.20. The highest BCUT2D eigenvalue weighted by atomic mass is 16.3. The zero-order valence-electron chi connectivity index (χ0n) is 10.2. The van der Waals surface area contributed by atoms with Crippen molar-refractivity contribution in [3.05, 3.63) is 29.8 Å². The van der Waals surface area contributed by atoms with Gasteiger partial charge in [0, 0.05) is 5.69 Å². The van der Waals surface area contributed by atoms with Gasteiger partial charge in [-0.3, -0.25) is 4.79 Å². The van der Waals surface area contributed by atoms with Crippen LogP contribution >= 0.6 is 0 Å². The Bertz CT molecular complexity index is 374. The molecule has 0 aromatic heterocycles. The van der Waals surface area contributed by atoms with Crippen LogP contribution in [0.25, 0.3) is 0 Å². The zero-order valence-corrected chi connectivity index (χ0v) is 10.2. The van der Waals surface area contributed by atoms with Crippen molar-refractivity contribution >= 4 is 12.1 Å². The van der Waals surface area contributed by atoms with Crippen molar-refractivity contribution in [3.8, 4) is 0 Å². The average Bonchev–Trinajstić information content (AvgIpc) is 2.35. The normalized spacial score (nSPS) is 24.4. The summed E-state index contributed by atoms with van der Waals surface area (Å²) in [4.78, 5) is 12.9. The first kappa shape index (κ1) is 12.1. The molecule has 17 heavy (non-hydrogen) atoms. The molecule has 3 nitrogen and oxygen atoms in total. The third kappa shape index (κ3) is 2.67. The minimum absolute atomic E-state index is 0.0658. The van der Waals surface area contributed by atoms with Crippen molar-refractivity contribution in [3.63, 3.8) is 0 Å². The van der Waals surface area contributed by atoms with Crippen LogP contribution in [-0.4, -0.2) is 23.7 Å². The predicted molar refractivity (Wildman–Crippen MR) is 68.0 cm³/mol. The molecule has 3 heteroatoms. The van der Waals surface area contributed by atoms with Gasteiger partial charge in [0.15, 0.2) is 0 Å². The number of rotatable bonds is 3. The van der Waals surface area contributed by atoms with Crippen molar-refractivity contribution in [2.45, 2.75) is 44.8 Å². The van der Waals surface area contributed by atoms with Gasteiger partial charge in [-0.1, -0.05) is 30.5 Å². The number of hydrogen-bond acceptors (Lipinski definition) is 2. The van der Waals surface area contributed by atoms with E-state index < -0.39 is 6.10 Å². The van der Waals surface area contributed by atoms with Gasteiger partial charge in [0.25, 0.3) is 0 Å². The summed E-state index contributed by atoms with van der Waals surface area (Å²) in [5.74, 6) is 0. The molecule has 2 rings (SSSR count). The molecule has 1 amide bonds. The second-order valence-electron chi connectivity index (χ2n) is 4.77. The minimum atomic E-state index is -0.393. The summed E-state index contributed by atoms with van der Waals surface area (Å²) in [6.07, 6.45) is 4.25. The summed E-state index contributed by atoms with van der Waals surface area (Å²) < 4.78 is 0. The molecule has 0 bridgehead atoms. The maximum Gasteiger partial charge on any atom is 0.214 e. The van der Waals surface area contributed by atoms with E-state index in [1.165, 1.54) is 5.56 Å². The second-order valence-corrected chi connectivity index (χ2v) is 4.77. The van der Waals surface area contributed by atoms with Gasteiger partial charge >= 0.3 is 0 Å². The molecule has 1 N–H and O–H groups in total. The van der Waals surface area contributed by atoms with E-state index in [1.54, 1.807) is 4.90 Å². The quantitative estimate of drug-likeness (QED) is 0.813. The number of amides is 1. The van der Waals surface area contributed by atoms with Crippen LogP contribution in [0, 0.1) is 6.92 Å². The summed E-state index contributed by atoms with van der Waals surface area (Å²) in [7, 11) is 0. The van der Waals surface area contributed by atoms with E-state index in [-0.39, 0.29) is 6.04 Å². The first-order chi connectivity index (χ1) is 8.22. The molecule has 1 aromatic rings. The number of aliphatic hydroxyl groups is 1. The fraction of sp³-hybridized carbons (Fsp3) is 0.500. The molecule has 0 heterocycles. The number of anilines is 1. The zero-order chi connectivity index (χ0) is 12.3. The number of carbonyl (C=O) groups excluding carboxylic acids is 1. The standard InChI is InChI=1S/C14H19NO2/c1-11-6-8-12(9-7-11)15(10-16)13-4-2-3-5-14(13)17/h6-10,13-14,17H,2-5H2,1H3. The van der Waals surface area contributed by atoms with E-state index >= 15 is 0 Å². The largest absolute Gasteiger partial charge is 0.391 e. The summed E-state index contributed by atoms with van der Waals surface area (Å²) >= 11 is 0. The fourth-order valence-electron chi connectivity index (χ4n) is 2.46.